The van der Waals surface area contributed by atoms with Crippen LogP contribution in [0.25, 0.3) is 0 Å². The summed E-state index contributed by atoms with van der Waals surface area (Å²) in [6.07, 6.45) is 3.06. The van der Waals surface area contributed by atoms with Gasteiger partial charge in [0.1, 0.15) is 18.1 Å². The summed E-state index contributed by atoms with van der Waals surface area (Å²) in [6.45, 7) is 5.18. The average molecular weight is 361 g/mol. The minimum Gasteiger partial charge on any atom is -0.480 e. The van der Waals surface area contributed by atoms with Crippen molar-refractivity contribution in [2.24, 2.45) is 5.92 Å². The summed E-state index contributed by atoms with van der Waals surface area (Å²) < 4.78 is 0. The van der Waals surface area contributed by atoms with Gasteiger partial charge in [0.2, 0.25) is 18.2 Å². The smallest absolute Gasteiger partial charge is 0.326 e. The van der Waals surface area contributed by atoms with Crippen LogP contribution in [0.3, 0.4) is 0 Å². The fourth-order valence-corrected chi connectivity index (χ4v) is 2.45. The Labute approximate surface area is 146 Å². The lowest BCUT2D eigenvalue weighted by molar-refractivity contribution is -0.142. The van der Waals surface area contributed by atoms with Gasteiger partial charge >= 0.3 is 5.97 Å². The number of amides is 3. The lowest BCUT2D eigenvalue weighted by Crippen LogP contribution is -2.54. The molecule has 0 aromatic rings. The van der Waals surface area contributed by atoms with Crippen molar-refractivity contribution in [2.75, 3.05) is 12.0 Å². The number of nitrogens with one attached hydrogen (secondary N) is 3. The van der Waals surface area contributed by atoms with Crippen LogP contribution in [0.1, 0.15) is 33.6 Å². The van der Waals surface area contributed by atoms with E-state index in [-0.39, 0.29) is 5.92 Å². The van der Waals surface area contributed by atoms with Crippen molar-refractivity contribution in [1.82, 2.24) is 16.0 Å². The molecule has 0 rings (SSSR count). The summed E-state index contributed by atoms with van der Waals surface area (Å²) in [5.41, 5.74) is 0. The Balaban J connectivity index is 4.67. The second kappa shape index (κ2) is 11.7. The maximum Gasteiger partial charge on any atom is 0.326 e. The Hall–Kier alpha value is -1.77. The molecule has 8 nitrogen and oxygen atoms in total. The van der Waals surface area contributed by atoms with Gasteiger partial charge in [0.05, 0.1) is 0 Å². The molecule has 0 unspecified atom stereocenters. The molecule has 0 heterocycles. The Morgan fingerprint density at radius 2 is 1.71 bits per heavy atom. The molecule has 0 bridgehead atoms. The highest BCUT2D eigenvalue weighted by Crippen LogP contribution is 2.05. The van der Waals surface area contributed by atoms with Crippen molar-refractivity contribution < 1.29 is 24.3 Å². The van der Waals surface area contributed by atoms with Crippen LogP contribution in [0, 0.1) is 5.92 Å². The molecule has 0 fully saturated rings. The minimum atomic E-state index is -1.11. The highest BCUT2D eigenvalue weighted by atomic mass is 32.2. The van der Waals surface area contributed by atoms with Crippen molar-refractivity contribution in [2.45, 2.75) is 51.7 Å². The number of carbonyl (C=O) groups excluding carboxylic acids is 3. The third-order valence-electron chi connectivity index (χ3n) is 3.27. The quantitative estimate of drug-likeness (QED) is 0.362. The van der Waals surface area contributed by atoms with Gasteiger partial charge < -0.3 is 21.1 Å². The predicted molar refractivity (Wildman–Crippen MR) is 92.6 cm³/mol. The molecule has 0 aliphatic heterocycles. The maximum absolute atomic E-state index is 12.1. The zero-order valence-electron chi connectivity index (χ0n) is 14.5. The van der Waals surface area contributed by atoms with Gasteiger partial charge in [-0.2, -0.15) is 11.8 Å². The first-order chi connectivity index (χ1) is 11.2. The Kier molecular flexibility index (Phi) is 10.9. The summed E-state index contributed by atoms with van der Waals surface area (Å²) >= 11 is 1.54. The molecule has 0 aromatic carbocycles. The molecule has 0 saturated carbocycles. The van der Waals surface area contributed by atoms with E-state index in [4.69, 9.17) is 5.11 Å². The van der Waals surface area contributed by atoms with Crippen molar-refractivity contribution in [3.8, 4) is 0 Å². The number of carbonyl (C=O) groups is 4. The molecule has 4 N–H and O–H groups in total. The van der Waals surface area contributed by atoms with Gasteiger partial charge in [0, 0.05) is 0 Å². The third-order valence-corrected chi connectivity index (χ3v) is 3.91. The average Bonchev–Trinajstić information content (AvgIpc) is 2.49. The molecule has 24 heavy (non-hydrogen) atoms. The van der Waals surface area contributed by atoms with Crippen LogP contribution in [0.5, 0.6) is 0 Å². The van der Waals surface area contributed by atoms with Crippen molar-refractivity contribution >= 4 is 36.0 Å². The molecular weight excluding hydrogens is 334 g/mol. The SMILES string of the molecule is CSCC[C@H](NC=O)C(=O)N[C@@H](C)C(=O)N[C@@H](CC(C)C)C(=O)O. The molecule has 0 saturated heterocycles. The van der Waals surface area contributed by atoms with E-state index < -0.39 is 35.9 Å². The van der Waals surface area contributed by atoms with E-state index in [0.29, 0.717) is 25.0 Å². The van der Waals surface area contributed by atoms with E-state index in [9.17, 15) is 19.2 Å². The predicted octanol–water partition coefficient (Wildman–Crippen LogP) is -0.0257. The van der Waals surface area contributed by atoms with Crippen molar-refractivity contribution in [1.29, 1.82) is 0 Å². The van der Waals surface area contributed by atoms with E-state index >= 15 is 0 Å². The maximum atomic E-state index is 12.1. The van der Waals surface area contributed by atoms with E-state index in [1.807, 2.05) is 20.1 Å². The Morgan fingerprint density at radius 1 is 1.08 bits per heavy atom. The number of hydrogen-bond acceptors (Lipinski definition) is 5. The number of hydrogen-bond donors (Lipinski definition) is 4. The van der Waals surface area contributed by atoms with Gasteiger partial charge in [0.15, 0.2) is 0 Å². The number of rotatable bonds is 12. The first-order valence-corrected chi connectivity index (χ1v) is 9.14. The van der Waals surface area contributed by atoms with Gasteiger partial charge in [-0.15, -0.1) is 0 Å². The van der Waals surface area contributed by atoms with Crippen molar-refractivity contribution in [3.05, 3.63) is 0 Å². The summed E-state index contributed by atoms with van der Waals surface area (Å²) in [5.74, 6) is -1.39. The number of carboxylic acids is 1. The summed E-state index contributed by atoms with van der Waals surface area (Å²) in [7, 11) is 0. The fourth-order valence-electron chi connectivity index (χ4n) is 1.98. The van der Waals surface area contributed by atoms with Crippen molar-refractivity contribution in [3.63, 3.8) is 0 Å². The monoisotopic (exact) mass is 361 g/mol. The second-order valence-electron chi connectivity index (χ2n) is 5.88. The molecule has 0 aliphatic rings. The van der Waals surface area contributed by atoms with Crippen LogP contribution in [0.15, 0.2) is 0 Å². The molecule has 0 aliphatic carbocycles. The molecular formula is C15H27N3O5S. The van der Waals surface area contributed by atoms with Crippen LogP contribution in [-0.4, -0.2) is 59.4 Å². The Morgan fingerprint density at radius 3 is 2.17 bits per heavy atom. The number of carboxylic acid groups (broad SMARTS) is 1. The van der Waals surface area contributed by atoms with E-state index in [1.165, 1.54) is 18.7 Å². The Bertz CT molecular complexity index is 445. The standard InChI is InChI=1S/C15H27N3O5S/c1-9(2)7-12(15(22)23)18-13(20)10(3)17-14(21)11(16-8-19)5-6-24-4/h8-12H,5-7H2,1-4H3,(H,16,19)(H,17,21)(H,18,20)(H,22,23)/t10-,11-,12-/m0/s1. The molecule has 9 heteroatoms. The molecule has 0 radical (unpaired) electrons. The normalized spacial score (nSPS) is 14.4. The largest absolute Gasteiger partial charge is 0.480 e. The van der Waals surface area contributed by atoms with Gasteiger partial charge in [-0.1, -0.05) is 13.8 Å². The first-order valence-electron chi connectivity index (χ1n) is 7.75. The van der Waals surface area contributed by atoms with Crippen LogP contribution < -0.4 is 16.0 Å². The zero-order valence-corrected chi connectivity index (χ0v) is 15.3. The lowest BCUT2D eigenvalue weighted by atomic mass is 10.0. The summed E-state index contributed by atoms with van der Waals surface area (Å²) in [4.78, 5) is 46.0. The van der Waals surface area contributed by atoms with Gasteiger partial charge in [0.25, 0.3) is 0 Å². The summed E-state index contributed by atoms with van der Waals surface area (Å²) in [5, 5.41) is 16.5. The first kappa shape index (κ1) is 22.2. The summed E-state index contributed by atoms with van der Waals surface area (Å²) in [6, 6.07) is -2.63. The minimum absolute atomic E-state index is 0.101. The third kappa shape index (κ3) is 8.76. The highest BCUT2D eigenvalue weighted by Gasteiger charge is 2.26. The van der Waals surface area contributed by atoms with E-state index in [1.54, 1.807) is 0 Å². The van der Waals surface area contributed by atoms with Gasteiger partial charge in [-0.3, -0.25) is 14.4 Å². The van der Waals surface area contributed by atoms with Gasteiger partial charge in [-0.05, 0) is 37.7 Å². The molecule has 138 valence electrons. The second-order valence-corrected chi connectivity index (χ2v) is 6.86. The molecule has 3 atom stereocenters. The zero-order chi connectivity index (χ0) is 18.7. The van der Waals surface area contributed by atoms with Gasteiger partial charge in [-0.25, -0.2) is 4.79 Å². The molecule has 3 amide bonds. The van der Waals surface area contributed by atoms with E-state index in [2.05, 4.69) is 16.0 Å². The van der Waals surface area contributed by atoms with Crippen LogP contribution >= 0.6 is 11.8 Å². The van der Waals surface area contributed by atoms with Crippen LogP contribution in [-0.2, 0) is 19.2 Å². The van der Waals surface area contributed by atoms with E-state index in [0.717, 1.165) is 0 Å². The molecule has 0 aromatic heterocycles. The number of thioether (sulfide) groups is 1. The number of aliphatic carboxylic acids is 1. The topological polar surface area (TPSA) is 125 Å². The van der Waals surface area contributed by atoms with Crippen LogP contribution in [0.4, 0.5) is 0 Å². The lowest BCUT2D eigenvalue weighted by Gasteiger charge is -2.22. The highest BCUT2D eigenvalue weighted by molar-refractivity contribution is 7.98. The fraction of sp³-hybridized carbons (Fsp3) is 0.733. The van der Waals surface area contributed by atoms with Crippen LogP contribution in [0.2, 0.25) is 0 Å². The molecule has 0 spiro atoms.